The molecule has 1 aliphatic rings. The molecule has 0 saturated heterocycles. The van der Waals surface area contributed by atoms with Gasteiger partial charge in [0.1, 0.15) is 17.6 Å². The fourth-order valence-corrected chi connectivity index (χ4v) is 3.05. The average molecular weight is 310 g/mol. The van der Waals surface area contributed by atoms with Gasteiger partial charge in [0.2, 0.25) is 5.76 Å². The van der Waals surface area contributed by atoms with Gasteiger partial charge in [0.25, 0.3) is 5.91 Å². The second kappa shape index (κ2) is 6.17. The van der Waals surface area contributed by atoms with E-state index in [9.17, 15) is 4.79 Å². The fourth-order valence-electron chi connectivity index (χ4n) is 3.05. The van der Waals surface area contributed by atoms with E-state index in [1.54, 1.807) is 18.9 Å². The highest BCUT2D eigenvalue weighted by molar-refractivity contribution is 6.07. The first-order valence-electron chi connectivity index (χ1n) is 7.64. The van der Waals surface area contributed by atoms with Gasteiger partial charge in [-0.1, -0.05) is 6.07 Å². The first-order chi connectivity index (χ1) is 11.2. The first-order valence-corrected chi connectivity index (χ1v) is 7.64. The number of hydrogen-bond donors (Lipinski definition) is 0. The molecule has 5 nitrogen and oxygen atoms in total. The Morgan fingerprint density at radius 3 is 2.91 bits per heavy atom. The Morgan fingerprint density at radius 1 is 1.39 bits per heavy atom. The van der Waals surface area contributed by atoms with Gasteiger partial charge >= 0.3 is 0 Å². The molecular weight excluding hydrogens is 292 g/mol. The van der Waals surface area contributed by atoms with Crippen molar-refractivity contribution in [3.05, 3.63) is 46.9 Å². The molecule has 0 fully saturated rings. The lowest BCUT2D eigenvalue weighted by Crippen LogP contribution is -2.32. The van der Waals surface area contributed by atoms with Crippen LogP contribution in [0.1, 0.15) is 40.3 Å². The number of nitriles is 1. The summed E-state index contributed by atoms with van der Waals surface area (Å²) in [6, 6.07) is 9.22. The fraction of sp³-hybridized carbons (Fsp3) is 0.333. The third kappa shape index (κ3) is 2.68. The van der Waals surface area contributed by atoms with E-state index >= 15 is 0 Å². The van der Waals surface area contributed by atoms with Crippen molar-refractivity contribution in [3.8, 4) is 11.8 Å². The summed E-state index contributed by atoms with van der Waals surface area (Å²) in [5, 5.41) is 8.95. The average Bonchev–Trinajstić information content (AvgIpc) is 2.81. The van der Waals surface area contributed by atoms with Gasteiger partial charge in [0.15, 0.2) is 0 Å². The second-order valence-corrected chi connectivity index (χ2v) is 5.56. The molecule has 3 rings (SSSR count). The molecule has 0 bridgehead atoms. The molecule has 0 atom stereocenters. The third-order valence-electron chi connectivity index (χ3n) is 4.18. The number of furan rings is 1. The number of anilines is 1. The Kier molecular flexibility index (Phi) is 4.07. The van der Waals surface area contributed by atoms with Gasteiger partial charge in [-0.05, 0) is 38.3 Å². The van der Waals surface area contributed by atoms with Crippen molar-refractivity contribution < 1.29 is 13.9 Å². The zero-order valence-electron chi connectivity index (χ0n) is 13.3. The van der Waals surface area contributed by atoms with Crippen LogP contribution >= 0.6 is 0 Å². The lowest BCUT2D eigenvalue weighted by atomic mass is 10.1. The van der Waals surface area contributed by atoms with Gasteiger partial charge in [0, 0.05) is 18.2 Å². The van der Waals surface area contributed by atoms with E-state index in [1.807, 2.05) is 24.3 Å². The van der Waals surface area contributed by atoms with Gasteiger partial charge in [-0.25, -0.2) is 0 Å². The number of carbonyl (C=O) groups excluding carboxylic acids is 1. The van der Waals surface area contributed by atoms with Crippen LogP contribution in [0.15, 0.2) is 28.7 Å². The van der Waals surface area contributed by atoms with Crippen LogP contribution in [-0.4, -0.2) is 19.6 Å². The van der Waals surface area contributed by atoms with Crippen LogP contribution in [0.5, 0.6) is 5.75 Å². The molecule has 5 heteroatoms. The summed E-state index contributed by atoms with van der Waals surface area (Å²) in [5.41, 5.74) is 2.38. The van der Waals surface area contributed by atoms with E-state index in [0.717, 1.165) is 36.3 Å². The van der Waals surface area contributed by atoms with Crippen molar-refractivity contribution in [3.63, 3.8) is 0 Å². The minimum Gasteiger partial charge on any atom is -0.496 e. The maximum Gasteiger partial charge on any atom is 0.261 e. The van der Waals surface area contributed by atoms with Crippen molar-refractivity contribution in [2.24, 2.45) is 0 Å². The zero-order valence-corrected chi connectivity index (χ0v) is 13.3. The molecule has 23 heavy (non-hydrogen) atoms. The molecular formula is C18H18N2O3. The van der Waals surface area contributed by atoms with Gasteiger partial charge in [0.05, 0.1) is 18.4 Å². The Hall–Kier alpha value is -2.74. The topological polar surface area (TPSA) is 66.5 Å². The number of ether oxygens (including phenoxy) is 1. The standard InChI is InChI=1S/C18H18N2O3/c1-12-15(10-13(11-19)23-12)18(21)20-9-4-3-6-14-16(20)7-5-8-17(14)22-2/h5,7-8,10H,3-4,6,9H2,1-2H3. The summed E-state index contributed by atoms with van der Waals surface area (Å²) in [6.07, 6.45) is 2.81. The molecule has 118 valence electrons. The molecule has 1 amide bonds. The Labute approximate surface area is 135 Å². The highest BCUT2D eigenvalue weighted by Crippen LogP contribution is 2.34. The second-order valence-electron chi connectivity index (χ2n) is 5.56. The molecule has 1 aromatic heterocycles. The van der Waals surface area contributed by atoms with Crippen LogP contribution in [0, 0.1) is 18.3 Å². The number of carbonyl (C=O) groups is 1. The highest BCUT2D eigenvalue weighted by Gasteiger charge is 2.26. The van der Waals surface area contributed by atoms with Crippen molar-refractivity contribution in [2.45, 2.75) is 26.2 Å². The smallest absolute Gasteiger partial charge is 0.261 e. The molecule has 0 radical (unpaired) electrons. The summed E-state index contributed by atoms with van der Waals surface area (Å²) in [5.74, 6) is 1.31. The van der Waals surface area contributed by atoms with Crippen molar-refractivity contribution in [1.29, 1.82) is 5.26 Å². The Morgan fingerprint density at radius 2 is 2.22 bits per heavy atom. The van der Waals surface area contributed by atoms with Crippen LogP contribution in [0.4, 0.5) is 5.69 Å². The van der Waals surface area contributed by atoms with E-state index in [4.69, 9.17) is 14.4 Å². The van der Waals surface area contributed by atoms with Gasteiger partial charge in [-0.3, -0.25) is 4.79 Å². The van der Waals surface area contributed by atoms with Crippen LogP contribution < -0.4 is 9.64 Å². The van der Waals surface area contributed by atoms with E-state index < -0.39 is 0 Å². The van der Waals surface area contributed by atoms with E-state index in [-0.39, 0.29) is 11.7 Å². The van der Waals surface area contributed by atoms with E-state index in [1.165, 1.54) is 6.07 Å². The van der Waals surface area contributed by atoms with Crippen molar-refractivity contribution in [1.82, 2.24) is 0 Å². The zero-order chi connectivity index (χ0) is 16.4. The number of benzene rings is 1. The number of aryl methyl sites for hydroxylation is 1. The number of fused-ring (bicyclic) bond motifs is 1. The van der Waals surface area contributed by atoms with Crippen LogP contribution in [0.2, 0.25) is 0 Å². The van der Waals surface area contributed by atoms with Crippen LogP contribution in [0.25, 0.3) is 0 Å². The molecule has 0 unspecified atom stereocenters. The normalized spacial score (nSPS) is 13.9. The third-order valence-corrected chi connectivity index (χ3v) is 4.18. The monoisotopic (exact) mass is 310 g/mol. The Bertz CT molecular complexity index is 786. The Balaban J connectivity index is 2.05. The lowest BCUT2D eigenvalue weighted by Gasteiger charge is -2.23. The van der Waals surface area contributed by atoms with E-state index in [0.29, 0.717) is 17.9 Å². The van der Waals surface area contributed by atoms with Crippen molar-refractivity contribution in [2.75, 3.05) is 18.6 Å². The maximum atomic E-state index is 13.0. The van der Waals surface area contributed by atoms with E-state index in [2.05, 4.69) is 0 Å². The minimum absolute atomic E-state index is 0.135. The van der Waals surface area contributed by atoms with Crippen LogP contribution in [-0.2, 0) is 6.42 Å². The lowest BCUT2D eigenvalue weighted by molar-refractivity contribution is 0.0985. The predicted octanol–water partition coefficient (Wildman–Crippen LogP) is 3.45. The molecule has 2 heterocycles. The minimum atomic E-state index is -0.135. The molecule has 0 aliphatic carbocycles. The number of rotatable bonds is 2. The molecule has 0 saturated carbocycles. The molecule has 0 N–H and O–H groups in total. The molecule has 2 aromatic rings. The molecule has 1 aliphatic heterocycles. The molecule has 0 spiro atoms. The SMILES string of the molecule is COc1cccc2c1CCCCN2C(=O)c1cc(C#N)oc1C. The highest BCUT2D eigenvalue weighted by atomic mass is 16.5. The summed E-state index contributed by atoms with van der Waals surface area (Å²) in [4.78, 5) is 14.7. The van der Waals surface area contributed by atoms with Crippen molar-refractivity contribution >= 4 is 11.6 Å². The quantitative estimate of drug-likeness (QED) is 0.852. The largest absolute Gasteiger partial charge is 0.496 e. The summed E-state index contributed by atoms with van der Waals surface area (Å²) < 4.78 is 10.8. The summed E-state index contributed by atoms with van der Waals surface area (Å²) in [6.45, 7) is 2.35. The van der Waals surface area contributed by atoms with Gasteiger partial charge in [-0.2, -0.15) is 5.26 Å². The molecule has 1 aromatic carbocycles. The van der Waals surface area contributed by atoms with Crippen LogP contribution in [0.3, 0.4) is 0 Å². The van der Waals surface area contributed by atoms with Gasteiger partial charge in [-0.15, -0.1) is 0 Å². The maximum absolute atomic E-state index is 13.0. The summed E-state index contributed by atoms with van der Waals surface area (Å²) >= 11 is 0. The number of methoxy groups -OCH3 is 1. The summed E-state index contributed by atoms with van der Waals surface area (Å²) in [7, 11) is 1.64. The predicted molar refractivity (Wildman–Crippen MR) is 85.8 cm³/mol. The van der Waals surface area contributed by atoms with Gasteiger partial charge < -0.3 is 14.1 Å². The first kappa shape index (κ1) is 15.2. The number of nitrogens with zero attached hydrogens (tertiary/aromatic N) is 2. The number of amides is 1. The number of hydrogen-bond acceptors (Lipinski definition) is 4.